The van der Waals surface area contributed by atoms with Gasteiger partial charge in [-0.2, -0.15) is 0 Å². The zero-order chi connectivity index (χ0) is 13.9. The molecule has 5 heteroatoms. The van der Waals surface area contributed by atoms with Crippen molar-refractivity contribution in [1.29, 1.82) is 0 Å². The number of amides is 1. The maximum Gasteiger partial charge on any atom is 0.252 e. The molecule has 2 N–H and O–H groups in total. The number of carbonyl (C=O) groups is 1. The van der Waals surface area contributed by atoms with Gasteiger partial charge in [0.1, 0.15) is 5.54 Å². The van der Waals surface area contributed by atoms with E-state index in [4.69, 9.17) is 0 Å². The van der Waals surface area contributed by atoms with Crippen LogP contribution in [0.2, 0.25) is 0 Å². The largest absolute Gasteiger partial charge is 0.342 e. The molecule has 1 heterocycles. The minimum atomic E-state index is -0.625. The molecule has 1 aromatic rings. The van der Waals surface area contributed by atoms with Gasteiger partial charge in [-0.15, -0.1) is 0 Å². The van der Waals surface area contributed by atoms with Crippen LogP contribution in [0.3, 0.4) is 0 Å². The van der Waals surface area contributed by atoms with E-state index in [1.54, 1.807) is 0 Å². The van der Waals surface area contributed by atoms with Crippen LogP contribution in [0.1, 0.15) is 25.8 Å². The second-order valence-electron chi connectivity index (χ2n) is 4.94. The van der Waals surface area contributed by atoms with Crippen molar-refractivity contribution in [2.24, 2.45) is 4.99 Å². The smallest absolute Gasteiger partial charge is 0.252 e. The molecule has 0 saturated carbocycles. The van der Waals surface area contributed by atoms with E-state index < -0.39 is 5.54 Å². The van der Waals surface area contributed by atoms with Crippen LogP contribution in [0.4, 0.5) is 0 Å². The van der Waals surface area contributed by atoms with Crippen LogP contribution in [-0.4, -0.2) is 24.0 Å². The van der Waals surface area contributed by atoms with Crippen LogP contribution in [0.5, 0.6) is 0 Å². The van der Waals surface area contributed by atoms with Crippen LogP contribution < -0.4 is 10.6 Å². The standard InChI is InChI=1S/C14H18BrN3O/c1-3-8-16-13-17-12(19)14(2,18-13)9-10-4-6-11(15)7-5-10/h4-7H,3,8-9H2,1-2H3,(H2,16,17,18,19). The molecule has 1 aliphatic heterocycles. The minimum absolute atomic E-state index is 0.0229. The van der Waals surface area contributed by atoms with Crippen LogP contribution in [0.25, 0.3) is 0 Å². The van der Waals surface area contributed by atoms with Gasteiger partial charge in [0.25, 0.3) is 5.91 Å². The molecule has 19 heavy (non-hydrogen) atoms. The molecule has 1 atom stereocenters. The number of hydrogen-bond acceptors (Lipinski definition) is 2. The molecule has 0 bridgehead atoms. The van der Waals surface area contributed by atoms with E-state index >= 15 is 0 Å². The van der Waals surface area contributed by atoms with E-state index in [-0.39, 0.29) is 5.91 Å². The van der Waals surface area contributed by atoms with Gasteiger partial charge >= 0.3 is 0 Å². The Morgan fingerprint density at radius 1 is 1.32 bits per heavy atom. The Morgan fingerprint density at radius 2 is 2.00 bits per heavy atom. The molecule has 1 amide bonds. The molecule has 1 saturated heterocycles. The average molecular weight is 324 g/mol. The maximum absolute atomic E-state index is 12.1. The maximum atomic E-state index is 12.1. The van der Waals surface area contributed by atoms with Gasteiger partial charge in [-0.1, -0.05) is 35.0 Å². The highest BCUT2D eigenvalue weighted by Crippen LogP contribution is 2.19. The summed E-state index contributed by atoms with van der Waals surface area (Å²) in [7, 11) is 0. The lowest BCUT2D eigenvalue weighted by Crippen LogP contribution is -2.45. The molecule has 1 unspecified atom stereocenters. The average Bonchev–Trinajstić information content (AvgIpc) is 2.65. The van der Waals surface area contributed by atoms with Crippen molar-refractivity contribution >= 4 is 27.8 Å². The Labute approximate surface area is 121 Å². The molecule has 0 aromatic heterocycles. The predicted molar refractivity (Wildman–Crippen MR) is 80.1 cm³/mol. The Bertz CT molecular complexity index is 498. The Hall–Kier alpha value is -1.36. The molecule has 2 rings (SSSR count). The molecule has 4 nitrogen and oxygen atoms in total. The lowest BCUT2D eigenvalue weighted by molar-refractivity contribution is -0.123. The number of nitrogens with zero attached hydrogens (tertiary/aromatic N) is 1. The number of nitrogens with one attached hydrogen (secondary N) is 2. The van der Waals surface area contributed by atoms with E-state index in [1.807, 2.05) is 31.2 Å². The molecular weight excluding hydrogens is 306 g/mol. The second kappa shape index (κ2) is 5.74. The van der Waals surface area contributed by atoms with E-state index in [1.165, 1.54) is 0 Å². The van der Waals surface area contributed by atoms with Crippen LogP contribution >= 0.6 is 15.9 Å². The molecular formula is C14H18BrN3O. The second-order valence-corrected chi connectivity index (χ2v) is 5.86. The number of carbonyl (C=O) groups excluding carboxylic acids is 1. The highest BCUT2D eigenvalue weighted by molar-refractivity contribution is 9.10. The first-order chi connectivity index (χ1) is 9.03. The topological polar surface area (TPSA) is 53.5 Å². The summed E-state index contributed by atoms with van der Waals surface area (Å²) in [5, 5.41) is 5.99. The van der Waals surface area contributed by atoms with Crippen LogP contribution in [0.15, 0.2) is 33.7 Å². The van der Waals surface area contributed by atoms with E-state index in [0.29, 0.717) is 12.4 Å². The Kier molecular flexibility index (Phi) is 4.24. The lowest BCUT2D eigenvalue weighted by atomic mass is 9.93. The predicted octanol–water partition coefficient (Wildman–Crippen LogP) is 2.24. The zero-order valence-corrected chi connectivity index (χ0v) is 12.8. The summed E-state index contributed by atoms with van der Waals surface area (Å²) < 4.78 is 1.04. The van der Waals surface area contributed by atoms with Gasteiger partial charge in [-0.05, 0) is 31.0 Å². The molecule has 0 radical (unpaired) electrons. The first-order valence-electron chi connectivity index (χ1n) is 6.42. The Morgan fingerprint density at radius 3 is 2.63 bits per heavy atom. The summed E-state index contributed by atoms with van der Waals surface area (Å²) in [6.07, 6.45) is 1.60. The third-order valence-electron chi connectivity index (χ3n) is 3.09. The van der Waals surface area contributed by atoms with Gasteiger partial charge < -0.3 is 5.32 Å². The quantitative estimate of drug-likeness (QED) is 0.892. The third-order valence-corrected chi connectivity index (χ3v) is 3.62. The fourth-order valence-electron chi connectivity index (χ4n) is 2.03. The number of hydrogen-bond donors (Lipinski definition) is 2. The summed E-state index contributed by atoms with van der Waals surface area (Å²) >= 11 is 3.41. The highest BCUT2D eigenvalue weighted by atomic mass is 79.9. The van der Waals surface area contributed by atoms with E-state index in [0.717, 1.165) is 23.0 Å². The molecule has 1 fully saturated rings. The third kappa shape index (κ3) is 3.35. The SMILES string of the molecule is CCCN=C1NC(=O)C(C)(Cc2ccc(Br)cc2)N1. The molecule has 1 aliphatic rings. The monoisotopic (exact) mass is 323 g/mol. The molecule has 102 valence electrons. The summed E-state index contributed by atoms with van der Waals surface area (Å²) in [4.78, 5) is 16.4. The molecule has 0 aliphatic carbocycles. The molecule has 0 spiro atoms. The fraction of sp³-hybridized carbons (Fsp3) is 0.429. The summed E-state index contributed by atoms with van der Waals surface area (Å²) in [6.45, 7) is 4.68. The zero-order valence-electron chi connectivity index (χ0n) is 11.2. The van der Waals surface area contributed by atoms with Crippen LogP contribution in [0, 0.1) is 0 Å². The number of benzene rings is 1. The summed E-state index contributed by atoms with van der Waals surface area (Å²) in [5.74, 6) is 0.566. The van der Waals surface area contributed by atoms with Crippen molar-refractivity contribution in [3.05, 3.63) is 34.3 Å². The van der Waals surface area contributed by atoms with Gasteiger partial charge in [-0.25, -0.2) is 0 Å². The number of aliphatic imine (C=N–C) groups is 1. The van der Waals surface area contributed by atoms with Crippen molar-refractivity contribution < 1.29 is 4.79 Å². The van der Waals surface area contributed by atoms with Crippen molar-refractivity contribution in [2.75, 3.05) is 6.54 Å². The van der Waals surface area contributed by atoms with E-state index in [2.05, 4.69) is 38.5 Å². The number of rotatable bonds is 4. The fourth-order valence-corrected chi connectivity index (χ4v) is 2.30. The van der Waals surface area contributed by atoms with Gasteiger partial charge in [0.2, 0.25) is 0 Å². The summed E-state index contributed by atoms with van der Waals surface area (Å²) in [6, 6.07) is 8.01. The number of halogens is 1. The van der Waals surface area contributed by atoms with Crippen LogP contribution in [-0.2, 0) is 11.2 Å². The van der Waals surface area contributed by atoms with Gasteiger partial charge in [0, 0.05) is 17.4 Å². The normalized spacial score (nSPS) is 24.4. The first kappa shape index (κ1) is 14.1. The Balaban J connectivity index is 2.10. The van der Waals surface area contributed by atoms with Gasteiger partial charge in [0.15, 0.2) is 5.96 Å². The van der Waals surface area contributed by atoms with Crippen molar-refractivity contribution in [3.63, 3.8) is 0 Å². The van der Waals surface area contributed by atoms with Gasteiger partial charge in [0.05, 0.1) is 0 Å². The summed E-state index contributed by atoms with van der Waals surface area (Å²) in [5.41, 5.74) is 0.491. The highest BCUT2D eigenvalue weighted by Gasteiger charge is 2.40. The van der Waals surface area contributed by atoms with Gasteiger partial charge in [-0.3, -0.25) is 15.1 Å². The van der Waals surface area contributed by atoms with E-state index in [9.17, 15) is 4.79 Å². The first-order valence-corrected chi connectivity index (χ1v) is 7.21. The van der Waals surface area contributed by atoms with Crippen molar-refractivity contribution in [3.8, 4) is 0 Å². The minimum Gasteiger partial charge on any atom is -0.342 e. The van der Waals surface area contributed by atoms with Crippen molar-refractivity contribution in [2.45, 2.75) is 32.2 Å². The lowest BCUT2D eigenvalue weighted by Gasteiger charge is -2.21. The molecule has 1 aromatic carbocycles. The number of guanidine groups is 1. The van der Waals surface area contributed by atoms with Crippen molar-refractivity contribution in [1.82, 2.24) is 10.6 Å².